The monoisotopic (exact) mass is 445 g/mol. The molecule has 0 aliphatic rings. The molecule has 0 spiro atoms. The molecule has 4 nitrogen and oxygen atoms in total. The number of carbonyl (C=O) groups excluding carboxylic acids is 1. The summed E-state index contributed by atoms with van der Waals surface area (Å²) in [5, 5.41) is 3.00. The van der Waals surface area contributed by atoms with Crippen molar-refractivity contribution in [2.45, 2.75) is 53.4 Å². The highest BCUT2D eigenvalue weighted by Gasteiger charge is 2.15. The number of nitrogens with zero attached hydrogens (tertiary/aromatic N) is 2. The highest BCUT2D eigenvalue weighted by atomic mass is 19.1. The third kappa shape index (κ3) is 5.92. The third-order valence-corrected chi connectivity index (χ3v) is 6.02. The lowest BCUT2D eigenvalue weighted by molar-refractivity contribution is 0.0954. The van der Waals surface area contributed by atoms with E-state index in [-0.39, 0.29) is 11.7 Å². The first-order chi connectivity index (χ1) is 15.8. The van der Waals surface area contributed by atoms with E-state index in [9.17, 15) is 9.18 Å². The first kappa shape index (κ1) is 24.3. The zero-order valence-corrected chi connectivity index (χ0v) is 20.1. The Kier molecular flexibility index (Phi) is 8.10. The second-order valence-electron chi connectivity index (χ2n) is 8.39. The van der Waals surface area contributed by atoms with Crippen molar-refractivity contribution in [1.82, 2.24) is 10.3 Å². The summed E-state index contributed by atoms with van der Waals surface area (Å²) < 4.78 is 13.4. The van der Waals surface area contributed by atoms with E-state index in [1.807, 2.05) is 26.0 Å². The summed E-state index contributed by atoms with van der Waals surface area (Å²) in [4.78, 5) is 21.8. The molecule has 2 aromatic carbocycles. The molecule has 0 saturated heterocycles. The maximum absolute atomic E-state index is 13.4. The fourth-order valence-electron chi connectivity index (χ4n) is 3.92. The zero-order chi connectivity index (χ0) is 24.0. The Morgan fingerprint density at radius 2 is 1.88 bits per heavy atom. The molecule has 1 heterocycles. The second-order valence-corrected chi connectivity index (χ2v) is 8.39. The molecule has 0 saturated carbocycles. The van der Waals surface area contributed by atoms with Gasteiger partial charge in [-0.2, -0.15) is 0 Å². The predicted molar refractivity (Wildman–Crippen MR) is 134 cm³/mol. The largest absolute Gasteiger partial charge is 0.352 e. The second kappa shape index (κ2) is 11.0. The molecule has 0 bridgehead atoms. The Balaban J connectivity index is 1.79. The van der Waals surface area contributed by atoms with Gasteiger partial charge in [0.25, 0.3) is 5.91 Å². The summed E-state index contributed by atoms with van der Waals surface area (Å²) in [6.45, 7) is 10.7. The highest BCUT2D eigenvalue weighted by molar-refractivity contribution is 5.94. The normalized spacial score (nSPS) is 12.2. The number of hydrogen-bond donors (Lipinski definition) is 1. The standard InChI is InChI=1S/C28H32FN3O/c1-6-18(3)25-17-24(32-27(20(25)5)21-8-11-23(29)12-9-21)14-15-31-28(33)22-10-13-26(30-7-2)19(4)16-22/h7-13,16-18H,6,14-15H2,1-5H3,(H,31,33). The smallest absolute Gasteiger partial charge is 0.251 e. The van der Waals surface area contributed by atoms with Crippen LogP contribution >= 0.6 is 0 Å². The van der Waals surface area contributed by atoms with Crippen LogP contribution < -0.4 is 5.32 Å². The summed E-state index contributed by atoms with van der Waals surface area (Å²) >= 11 is 0. The minimum atomic E-state index is -0.262. The SMILES string of the molecule is CC=Nc1ccc(C(=O)NCCc2cc(C(C)CC)c(C)c(-c3ccc(F)cc3)n2)cc1C. The summed E-state index contributed by atoms with van der Waals surface area (Å²) in [6, 6.07) is 14.1. The van der Waals surface area contributed by atoms with E-state index in [0.717, 1.165) is 40.2 Å². The van der Waals surface area contributed by atoms with Crippen LogP contribution in [0.25, 0.3) is 11.3 Å². The Hall–Kier alpha value is -3.34. The molecule has 5 heteroatoms. The van der Waals surface area contributed by atoms with Gasteiger partial charge in [-0.15, -0.1) is 0 Å². The average Bonchev–Trinajstić information content (AvgIpc) is 2.81. The van der Waals surface area contributed by atoms with E-state index >= 15 is 0 Å². The molecule has 3 rings (SSSR count). The number of aromatic nitrogens is 1. The van der Waals surface area contributed by atoms with Crippen LogP contribution in [0.4, 0.5) is 10.1 Å². The number of benzene rings is 2. The summed E-state index contributed by atoms with van der Waals surface area (Å²) in [6.07, 6.45) is 3.37. The molecule has 0 radical (unpaired) electrons. The molecule has 1 N–H and O–H groups in total. The van der Waals surface area contributed by atoms with Gasteiger partial charge < -0.3 is 5.32 Å². The maximum Gasteiger partial charge on any atom is 0.251 e. The van der Waals surface area contributed by atoms with E-state index in [0.29, 0.717) is 24.4 Å². The van der Waals surface area contributed by atoms with Gasteiger partial charge in [-0.1, -0.05) is 13.8 Å². The fourth-order valence-corrected chi connectivity index (χ4v) is 3.92. The number of aliphatic imine (C=N–C) groups is 1. The van der Waals surface area contributed by atoms with Crippen molar-refractivity contribution in [3.8, 4) is 11.3 Å². The summed E-state index contributed by atoms with van der Waals surface area (Å²) in [5.41, 5.74) is 7.49. The van der Waals surface area contributed by atoms with Crippen molar-refractivity contribution in [1.29, 1.82) is 0 Å². The molecule has 1 atom stereocenters. The van der Waals surface area contributed by atoms with E-state index in [1.54, 1.807) is 24.4 Å². The van der Waals surface area contributed by atoms with Crippen molar-refractivity contribution in [3.63, 3.8) is 0 Å². The molecular weight excluding hydrogens is 413 g/mol. The summed E-state index contributed by atoms with van der Waals surface area (Å²) in [7, 11) is 0. The van der Waals surface area contributed by atoms with Crippen molar-refractivity contribution < 1.29 is 9.18 Å². The highest BCUT2D eigenvalue weighted by Crippen LogP contribution is 2.30. The molecule has 0 aliphatic carbocycles. The summed E-state index contributed by atoms with van der Waals surface area (Å²) in [5.74, 6) is 0.00754. The minimum Gasteiger partial charge on any atom is -0.352 e. The van der Waals surface area contributed by atoms with Gasteiger partial charge in [0.1, 0.15) is 5.82 Å². The van der Waals surface area contributed by atoms with Crippen molar-refractivity contribution in [3.05, 3.63) is 82.3 Å². The maximum atomic E-state index is 13.4. The Morgan fingerprint density at radius 1 is 1.15 bits per heavy atom. The third-order valence-electron chi connectivity index (χ3n) is 6.02. The predicted octanol–water partition coefficient (Wildman–Crippen LogP) is 6.71. The Bertz CT molecular complexity index is 1150. The van der Waals surface area contributed by atoms with E-state index in [2.05, 4.69) is 37.1 Å². The number of aryl methyl sites for hydroxylation is 1. The number of halogens is 1. The Morgan fingerprint density at radius 3 is 2.52 bits per heavy atom. The van der Waals surface area contributed by atoms with E-state index in [1.165, 1.54) is 17.7 Å². The number of rotatable bonds is 8. The lowest BCUT2D eigenvalue weighted by Crippen LogP contribution is -2.26. The minimum absolute atomic E-state index is 0.113. The zero-order valence-electron chi connectivity index (χ0n) is 20.1. The van der Waals surface area contributed by atoms with Gasteiger partial charge >= 0.3 is 0 Å². The molecule has 0 fully saturated rings. The first-order valence-electron chi connectivity index (χ1n) is 11.5. The molecule has 1 amide bonds. The van der Waals surface area contributed by atoms with Crippen LogP contribution in [0.15, 0.2) is 53.5 Å². The molecule has 172 valence electrons. The van der Waals surface area contributed by atoms with Crippen LogP contribution in [0.3, 0.4) is 0 Å². The lowest BCUT2D eigenvalue weighted by Gasteiger charge is -2.18. The van der Waals surface area contributed by atoms with E-state index < -0.39 is 0 Å². The van der Waals surface area contributed by atoms with Gasteiger partial charge in [0.2, 0.25) is 0 Å². The van der Waals surface area contributed by atoms with Gasteiger partial charge in [0, 0.05) is 36.0 Å². The van der Waals surface area contributed by atoms with Gasteiger partial charge in [-0.3, -0.25) is 14.8 Å². The van der Waals surface area contributed by atoms with Gasteiger partial charge in [0.15, 0.2) is 0 Å². The quantitative estimate of drug-likeness (QED) is 0.392. The number of nitrogens with one attached hydrogen (secondary N) is 1. The topological polar surface area (TPSA) is 54.4 Å². The fraction of sp³-hybridized carbons (Fsp3) is 0.321. The number of hydrogen-bond acceptors (Lipinski definition) is 3. The van der Waals surface area contributed by atoms with Crippen LogP contribution in [-0.4, -0.2) is 23.7 Å². The molecule has 1 aromatic heterocycles. The van der Waals surface area contributed by atoms with Crippen molar-refractivity contribution >= 4 is 17.8 Å². The van der Waals surface area contributed by atoms with E-state index in [4.69, 9.17) is 4.98 Å². The number of pyridine rings is 1. The van der Waals surface area contributed by atoms with Crippen LogP contribution in [0.1, 0.15) is 65.9 Å². The van der Waals surface area contributed by atoms with Crippen LogP contribution in [0.5, 0.6) is 0 Å². The molecule has 0 aliphatic heterocycles. The van der Waals surface area contributed by atoms with Gasteiger partial charge in [0.05, 0.1) is 11.4 Å². The molecule has 3 aromatic rings. The molecule has 33 heavy (non-hydrogen) atoms. The van der Waals surface area contributed by atoms with Gasteiger partial charge in [-0.05, 0) is 98.3 Å². The molecule has 1 unspecified atom stereocenters. The van der Waals surface area contributed by atoms with Gasteiger partial charge in [-0.25, -0.2) is 4.39 Å². The number of carbonyl (C=O) groups is 1. The van der Waals surface area contributed by atoms with Crippen LogP contribution in [0.2, 0.25) is 0 Å². The molecular formula is C28H32FN3O. The lowest BCUT2D eigenvalue weighted by atomic mass is 9.91. The van der Waals surface area contributed by atoms with Crippen LogP contribution in [0, 0.1) is 19.7 Å². The van der Waals surface area contributed by atoms with Crippen molar-refractivity contribution in [2.75, 3.05) is 6.54 Å². The first-order valence-corrected chi connectivity index (χ1v) is 11.5. The average molecular weight is 446 g/mol. The Labute approximate surface area is 196 Å². The number of amides is 1. The van der Waals surface area contributed by atoms with Crippen molar-refractivity contribution in [2.24, 2.45) is 4.99 Å². The van der Waals surface area contributed by atoms with Crippen LogP contribution in [-0.2, 0) is 6.42 Å².